The molecule has 33 heavy (non-hydrogen) atoms. The van der Waals surface area contributed by atoms with Gasteiger partial charge < -0.3 is 14.6 Å². The number of benzene rings is 2. The quantitative estimate of drug-likeness (QED) is 0.308. The molecule has 2 aromatic carbocycles. The van der Waals surface area contributed by atoms with Gasteiger partial charge in [-0.25, -0.2) is 4.98 Å². The van der Waals surface area contributed by atoms with Gasteiger partial charge in [-0.15, -0.1) is 11.3 Å². The molecule has 0 aliphatic rings. The molecule has 0 spiro atoms. The van der Waals surface area contributed by atoms with E-state index in [9.17, 15) is 9.59 Å². The van der Waals surface area contributed by atoms with E-state index >= 15 is 0 Å². The average molecular weight is 552 g/mol. The van der Waals surface area contributed by atoms with Crippen LogP contribution in [0.25, 0.3) is 6.08 Å². The molecule has 1 aromatic heterocycles. The van der Waals surface area contributed by atoms with Gasteiger partial charge in [0.15, 0.2) is 16.6 Å². The highest BCUT2D eigenvalue weighted by Crippen LogP contribution is 2.38. The first-order chi connectivity index (χ1) is 15.9. The number of aliphatic carboxylic acids is 1. The van der Waals surface area contributed by atoms with Crippen molar-refractivity contribution >= 4 is 62.0 Å². The summed E-state index contributed by atoms with van der Waals surface area (Å²) < 4.78 is 12.4. The number of carboxylic acids is 1. The number of hydrogen-bond acceptors (Lipinski definition) is 6. The first-order valence-corrected chi connectivity index (χ1v) is 11.9. The lowest BCUT2D eigenvalue weighted by Gasteiger charge is -2.15. The van der Waals surface area contributed by atoms with Crippen LogP contribution in [0.3, 0.4) is 0 Å². The second-order valence-electron chi connectivity index (χ2n) is 6.68. The average Bonchev–Trinajstić information content (AvgIpc) is 3.19. The Hall–Kier alpha value is -2.88. The number of carboxylic acid groups (broad SMARTS) is 1. The van der Waals surface area contributed by atoms with Gasteiger partial charge in [0, 0.05) is 22.0 Å². The number of hydrogen-bond donors (Lipinski definition) is 2. The Morgan fingerprint density at radius 3 is 2.79 bits per heavy atom. The Labute approximate surface area is 208 Å². The number of anilines is 1. The van der Waals surface area contributed by atoms with Crippen LogP contribution in [0.2, 0.25) is 5.02 Å². The normalized spacial score (nSPS) is 10.9. The predicted molar refractivity (Wildman–Crippen MR) is 132 cm³/mol. The van der Waals surface area contributed by atoms with E-state index in [-0.39, 0.29) is 18.9 Å². The molecule has 0 atom stereocenters. The molecule has 0 aliphatic heterocycles. The molecule has 0 bridgehead atoms. The molecule has 7 nitrogen and oxygen atoms in total. The van der Waals surface area contributed by atoms with Gasteiger partial charge >= 0.3 is 5.97 Å². The number of amides is 1. The van der Waals surface area contributed by atoms with Gasteiger partial charge in [-0.2, -0.15) is 0 Å². The maximum Gasteiger partial charge on any atom is 0.309 e. The van der Waals surface area contributed by atoms with E-state index in [4.69, 9.17) is 26.2 Å². The van der Waals surface area contributed by atoms with Crippen LogP contribution in [-0.2, 0) is 22.6 Å². The highest BCUT2D eigenvalue weighted by atomic mass is 79.9. The smallest absolute Gasteiger partial charge is 0.309 e. The van der Waals surface area contributed by atoms with Crippen molar-refractivity contribution in [2.75, 3.05) is 11.9 Å². The van der Waals surface area contributed by atoms with Gasteiger partial charge in [-0.1, -0.05) is 29.8 Å². The van der Waals surface area contributed by atoms with Crippen molar-refractivity contribution in [3.63, 3.8) is 0 Å². The van der Waals surface area contributed by atoms with Gasteiger partial charge in [0.1, 0.15) is 6.61 Å². The monoisotopic (exact) mass is 550 g/mol. The summed E-state index contributed by atoms with van der Waals surface area (Å²) in [4.78, 5) is 27.1. The zero-order valence-corrected chi connectivity index (χ0v) is 20.7. The molecule has 0 aliphatic carbocycles. The summed E-state index contributed by atoms with van der Waals surface area (Å²) in [5, 5.41) is 14.0. The highest BCUT2D eigenvalue weighted by Gasteiger charge is 2.13. The van der Waals surface area contributed by atoms with Crippen molar-refractivity contribution in [1.82, 2.24) is 4.98 Å². The Kier molecular flexibility index (Phi) is 8.87. The number of nitrogens with one attached hydrogen (secondary N) is 1. The predicted octanol–water partition coefficient (Wildman–Crippen LogP) is 5.82. The fourth-order valence-corrected chi connectivity index (χ4v) is 4.25. The fourth-order valence-electron chi connectivity index (χ4n) is 2.77. The molecule has 0 radical (unpaired) electrons. The van der Waals surface area contributed by atoms with Crippen LogP contribution < -0.4 is 14.8 Å². The van der Waals surface area contributed by atoms with Gasteiger partial charge in [-0.3, -0.25) is 14.9 Å². The van der Waals surface area contributed by atoms with Crippen molar-refractivity contribution in [2.24, 2.45) is 0 Å². The third kappa shape index (κ3) is 7.31. The number of halogens is 2. The minimum Gasteiger partial charge on any atom is -0.490 e. The molecule has 0 unspecified atom stereocenters. The van der Waals surface area contributed by atoms with Crippen LogP contribution in [0.15, 0.2) is 52.3 Å². The summed E-state index contributed by atoms with van der Waals surface area (Å²) in [6.45, 7) is 2.58. The second-order valence-corrected chi connectivity index (χ2v) is 8.80. The third-order valence-corrected chi connectivity index (χ3v) is 5.97. The summed E-state index contributed by atoms with van der Waals surface area (Å²) in [6.07, 6.45) is 2.80. The maximum atomic E-state index is 12.2. The third-order valence-electron chi connectivity index (χ3n) is 4.20. The number of carbonyl (C=O) groups is 2. The van der Waals surface area contributed by atoms with Gasteiger partial charge in [0.2, 0.25) is 5.91 Å². The molecule has 2 N–H and O–H groups in total. The van der Waals surface area contributed by atoms with Crippen LogP contribution in [0.1, 0.15) is 23.7 Å². The Bertz CT molecular complexity index is 1180. The summed E-state index contributed by atoms with van der Waals surface area (Å²) in [6, 6.07) is 11.0. The first-order valence-electron chi connectivity index (χ1n) is 9.83. The van der Waals surface area contributed by atoms with E-state index in [0.717, 1.165) is 11.1 Å². The number of thiazole rings is 1. The minimum absolute atomic E-state index is 0.193. The maximum absolute atomic E-state index is 12.2. The lowest BCUT2D eigenvalue weighted by atomic mass is 10.2. The Balaban J connectivity index is 1.70. The molecular formula is C23H20BrClN2O5S. The van der Waals surface area contributed by atoms with Gasteiger partial charge in [-0.05, 0) is 52.7 Å². The molecule has 0 fully saturated rings. The summed E-state index contributed by atoms with van der Waals surface area (Å²) in [5.41, 5.74) is 1.96. The highest BCUT2D eigenvalue weighted by molar-refractivity contribution is 9.10. The van der Waals surface area contributed by atoms with E-state index in [1.807, 2.05) is 31.2 Å². The Morgan fingerprint density at radius 2 is 2.06 bits per heavy atom. The van der Waals surface area contributed by atoms with E-state index in [1.54, 1.807) is 23.6 Å². The fraction of sp³-hybridized carbons (Fsp3) is 0.174. The molecule has 0 saturated heterocycles. The van der Waals surface area contributed by atoms with Crippen molar-refractivity contribution in [2.45, 2.75) is 20.0 Å². The number of carbonyl (C=O) groups excluding carboxylic acids is 1. The summed E-state index contributed by atoms with van der Waals surface area (Å²) in [7, 11) is 0. The zero-order valence-electron chi connectivity index (χ0n) is 17.5. The lowest BCUT2D eigenvalue weighted by Crippen LogP contribution is -2.08. The van der Waals surface area contributed by atoms with Crippen LogP contribution >= 0.6 is 38.9 Å². The van der Waals surface area contributed by atoms with Crippen LogP contribution in [0, 0.1) is 0 Å². The second kappa shape index (κ2) is 11.8. The zero-order chi connectivity index (χ0) is 23.8. The molecule has 3 rings (SSSR count). The SMILES string of the molecule is CCOc1cc(/C=C/C(=O)Nc2nc(CC(=O)O)cs2)cc(Br)c1OCc1ccccc1Cl. The molecule has 3 aromatic rings. The van der Waals surface area contributed by atoms with Crippen molar-refractivity contribution in [1.29, 1.82) is 0 Å². The molecule has 1 heterocycles. The Morgan fingerprint density at radius 1 is 1.27 bits per heavy atom. The summed E-state index contributed by atoms with van der Waals surface area (Å²) in [5.74, 6) is -0.309. The molecule has 1 amide bonds. The lowest BCUT2D eigenvalue weighted by molar-refractivity contribution is -0.136. The molecule has 172 valence electrons. The number of nitrogens with zero attached hydrogens (tertiary/aromatic N) is 1. The number of aromatic nitrogens is 1. The summed E-state index contributed by atoms with van der Waals surface area (Å²) >= 11 is 10.9. The largest absolute Gasteiger partial charge is 0.490 e. The van der Waals surface area contributed by atoms with Crippen LogP contribution in [0.4, 0.5) is 5.13 Å². The number of rotatable bonds is 10. The van der Waals surface area contributed by atoms with Crippen LogP contribution in [-0.4, -0.2) is 28.6 Å². The first kappa shape index (κ1) is 24.8. The molecule has 10 heteroatoms. The van der Waals surface area contributed by atoms with Crippen molar-refractivity contribution in [3.8, 4) is 11.5 Å². The van der Waals surface area contributed by atoms with E-state index in [1.165, 1.54) is 17.4 Å². The topological polar surface area (TPSA) is 97.8 Å². The minimum atomic E-state index is -0.979. The van der Waals surface area contributed by atoms with Gasteiger partial charge in [0.25, 0.3) is 0 Å². The van der Waals surface area contributed by atoms with Crippen LogP contribution in [0.5, 0.6) is 11.5 Å². The van der Waals surface area contributed by atoms with E-state index in [0.29, 0.717) is 38.4 Å². The van der Waals surface area contributed by atoms with Crippen molar-refractivity contribution < 1.29 is 24.2 Å². The van der Waals surface area contributed by atoms with E-state index in [2.05, 4.69) is 26.2 Å². The van der Waals surface area contributed by atoms with E-state index < -0.39 is 5.97 Å². The van der Waals surface area contributed by atoms with Crippen molar-refractivity contribution in [3.05, 3.63) is 74.2 Å². The van der Waals surface area contributed by atoms with Gasteiger partial charge in [0.05, 0.1) is 23.2 Å². The number of ether oxygens (including phenoxy) is 2. The standard InChI is InChI=1S/C23H20BrClN2O5S/c1-2-31-19-10-14(7-8-20(28)27-23-26-16(13-33-23)11-21(29)30)9-17(24)22(19)32-12-15-5-3-4-6-18(15)25/h3-10,13H,2,11-12H2,1H3,(H,29,30)(H,26,27,28)/b8-7+. The molecule has 0 saturated carbocycles. The molecular weight excluding hydrogens is 532 g/mol.